The predicted octanol–water partition coefficient (Wildman–Crippen LogP) is 2.02. The number of aliphatic hydroxyl groups excluding tert-OH is 1. The molecule has 0 saturated carbocycles. The number of aliphatic hydroxyl groups is 1. The van der Waals surface area contributed by atoms with E-state index in [2.05, 4.69) is 5.32 Å². The van der Waals surface area contributed by atoms with Gasteiger partial charge in [0.05, 0.1) is 18.8 Å². The van der Waals surface area contributed by atoms with Crippen molar-refractivity contribution in [3.63, 3.8) is 0 Å². The fraction of sp³-hybridized carbons (Fsp3) is 0.533. The van der Waals surface area contributed by atoms with Crippen LogP contribution in [0.15, 0.2) is 24.3 Å². The first-order valence-corrected chi connectivity index (χ1v) is 6.73. The molecule has 4 heteroatoms. The zero-order valence-electron chi connectivity index (χ0n) is 11.8. The molecule has 2 N–H and O–H groups in total. The number of nitrogens with one attached hydrogen (secondary N) is 1. The second-order valence-electron chi connectivity index (χ2n) is 4.72. The molecule has 0 saturated heterocycles. The molecule has 0 heterocycles. The molecule has 0 aliphatic carbocycles. The molecule has 106 valence electrons. The van der Waals surface area contributed by atoms with Crippen molar-refractivity contribution in [3.8, 4) is 5.75 Å². The summed E-state index contributed by atoms with van der Waals surface area (Å²) in [7, 11) is 0. The van der Waals surface area contributed by atoms with E-state index in [1.54, 1.807) is 26.0 Å². The molecule has 0 radical (unpaired) electrons. The largest absolute Gasteiger partial charge is 0.494 e. The summed E-state index contributed by atoms with van der Waals surface area (Å²) in [6, 6.07) is 6.85. The van der Waals surface area contributed by atoms with E-state index in [0.29, 0.717) is 18.7 Å². The zero-order chi connectivity index (χ0) is 14.3. The van der Waals surface area contributed by atoms with Crippen LogP contribution in [0, 0.1) is 0 Å². The van der Waals surface area contributed by atoms with E-state index in [-0.39, 0.29) is 11.8 Å². The number of ketones is 1. The molecule has 0 fully saturated rings. The van der Waals surface area contributed by atoms with Crippen LogP contribution < -0.4 is 10.1 Å². The standard InChI is InChI=1S/C15H23NO3/c1-4-9-19-14-7-5-13(6-8-14)15(18)12(3)16-10-11(2)17/h5-8,11-12,16-17H,4,9-10H2,1-3H3. The van der Waals surface area contributed by atoms with Crippen LogP contribution in [0.5, 0.6) is 5.75 Å². The lowest BCUT2D eigenvalue weighted by molar-refractivity contribution is 0.0941. The van der Waals surface area contributed by atoms with Crippen molar-refractivity contribution in [3.05, 3.63) is 29.8 Å². The molecule has 1 rings (SSSR count). The first kappa shape index (κ1) is 15.7. The van der Waals surface area contributed by atoms with E-state index in [1.807, 2.05) is 19.1 Å². The highest BCUT2D eigenvalue weighted by Crippen LogP contribution is 2.13. The maximum absolute atomic E-state index is 12.1. The molecular formula is C15H23NO3. The Bertz CT molecular complexity index is 387. The fourth-order valence-electron chi connectivity index (χ4n) is 1.63. The maximum atomic E-state index is 12.1. The summed E-state index contributed by atoms with van der Waals surface area (Å²) < 4.78 is 5.47. The van der Waals surface area contributed by atoms with Crippen molar-refractivity contribution in [2.24, 2.45) is 0 Å². The van der Waals surface area contributed by atoms with Gasteiger partial charge < -0.3 is 15.2 Å². The van der Waals surface area contributed by atoms with Crippen LogP contribution in [-0.4, -0.2) is 36.2 Å². The van der Waals surface area contributed by atoms with Gasteiger partial charge in [0.2, 0.25) is 0 Å². The normalized spacial score (nSPS) is 13.9. The van der Waals surface area contributed by atoms with Gasteiger partial charge in [0.1, 0.15) is 5.75 Å². The molecule has 0 spiro atoms. The van der Waals surface area contributed by atoms with Crippen molar-refractivity contribution in [2.45, 2.75) is 39.3 Å². The third kappa shape index (κ3) is 5.41. The summed E-state index contributed by atoms with van der Waals surface area (Å²) >= 11 is 0. The topological polar surface area (TPSA) is 58.6 Å². The summed E-state index contributed by atoms with van der Waals surface area (Å²) in [5.74, 6) is 0.797. The minimum absolute atomic E-state index is 0.0164. The number of carbonyl (C=O) groups excluding carboxylic acids is 1. The fourth-order valence-corrected chi connectivity index (χ4v) is 1.63. The Morgan fingerprint density at radius 1 is 1.32 bits per heavy atom. The number of hydrogen-bond acceptors (Lipinski definition) is 4. The van der Waals surface area contributed by atoms with E-state index in [1.165, 1.54) is 0 Å². The minimum Gasteiger partial charge on any atom is -0.494 e. The van der Waals surface area contributed by atoms with E-state index in [0.717, 1.165) is 12.2 Å². The highest BCUT2D eigenvalue weighted by Gasteiger charge is 2.15. The van der Waals surface area contributed by atoms with Crippen molar-refractivity contribution < 1.29 is 14.6 Å². The number of hydrogen-bond donors (Lipinski definition) is 2. The SMILES string of the molecule is CCCOc1ccc(C(=O)C(C)NCC(C)O)cc1. The second-order valence-corrected chi connectivity index (χ2v) is 4.72. The molecule has 1 aromatic carbocycles. The van der Waals surface area contributed by atoms with Crippen molar-refractivity contribution in [2.75, 3.05) is 13.2 Å². The molecule has 0 aliphatic rings. The molecule has 2 unspecified atom stereocenters. The Morgan fingerprint density at radius 3 is 2.47 bits per heavy atom. The average Bonchev–Trinajstić information content (AvgIpc) is 2.42. The first-order chi connectivity index (χ1) is 9.04. The Hall–Kier alpha value is -1.39. The number of carbonyl (C=O) groups is 1. The second kappa shape index (κ2) is 7.92. The van der Waals surface area contributed by atoms with Gasteiger partial charge in [-0.1, -0.05) is 6.92 Å². The summed E-state index contributed by atoms with van der Waals surface area (Å²) in [6.07, 6.45) is 0.501. The maximum Gasteiger partial charge on any atom is 0.179 e. The van der Waals surface area contributed by atoms with Gasteiger partial charge in [-0.15, -0.1) is 0 Å². The van der Waals surface area contributed by atoms with Gasteiger partial charge in [0.25, 0.3) is 0 Å². The summed E-state index contributed by atoms with van der Waals surface area (Å²) in [4.78, 5) is 12.1. The average molecular weight is 265 g/mol. The van der Waals surface area contributed by atoms with Crippen molar-refractivity contribution in [1.82, 2.24) is 5.32 Å². The summed E-state index contributed by atoms with van der Waals surface area (Å²) in [5.41, 5.74) is 0.648. The van der Waals surface area contributed by atoms with Gasteiger partial charge in [-0.2, -0.15) is 0 Å². The van der Waals surface area contributed by atoms with E-state index in [4.69, 9.17) is 4.74 Å². The third-order valence-corrected chi connectivity index (χ3v) is 2.72. The number of rotatable bonds is 8. The number of Topliss-reactive ketones (excluding diaryl/α,β-unsaturated/α-hetero) is 1. The van der Waals surface area contributed by atoms with Gasteiger partial charge in [0, 0.05) is 12.1 Å². The first-order valence-electron chi connectivity index (χ1n) is 6.73. The highest BCUT2D eigenvalue weighted by molar-refractivity contribution is 5.99. The Labute approximate surface area is 114 Å². The molecule has 0 aromatic heterocycles. The summed E-state index contributed by atoms with van der Waals surface area (Å²) in [5, 5.41) is 12.2. The quantitative estimate of drug-likeness (QED) is 0.706. The summed E-state index contributed by atoms with van der Waals surface area (Å²) in [6.45, 7) is 6.62. The number of ether oxygens (including phenoxy) is 1. The van der Waals surface area contributed by atoms with Crippen LogP contribution in [0.4, 0.5) is 0 Å². The van der Waals surface area contributed by atoms with Gasteiger partial charge in [-0.25, -0.2) is 0 Å². The van der Waals surface area contributed by atoms with E-state index >= 15 is 0 Å². The third-order valence-electron chi connectivity index (χ3n) is 2.72. The Morgan fingerprint density at radius 2 is 1.95 bits per heavy atom. The van der Waals surface area contributed by atoms with Crippen LogP contribution in [0.25, 0.3) is 0 Å². The highest BCUT2D eigenvalue weighted by atomic mass is 16.5. The van der Waals surface area contributed by atoms with Crippen molar-refractivity contribution >= 4 is 5.78 Å². The molecule has 2 atom stereocenters. The van der Waals surface area contributed by atoms with Crippen molar-refractivity contribution in [1.29, 1.82) is 0 Å². The van der Waals surface area contributed by atoms with Gasteiger partial charge in [-0.05, 0) is 44.5 Å². The molecule has 1 aromatic rings. The van der Waals surface area contributed by atoms with Crippen LogP contribution in [0.3, 0.4) is 0 Å². The van der Waals surface area contributed by atoms with Crippen LogP contribution >= 0.6 is 0 Å². The van der Waals surface area contributed by atoms with Gasteiger partial charge >= 0.3 is 0 Å². The molecule has 4 nitrogen and oxygen atoms in total. The molecule has 0 bridgehead atoms. The smallest absolute Gasteiger partial charge is 0.179 e. The lowest BCUT2D eigenvalue weighted by atomic mass is 10.1. The Balaban J connectivity index is 2.56. The van der Waals surface area contributed by atoms with Crippen LogP contribution in [-0.2, 0) is 0 Å². The molecule has 0 aliphatic heterocycles. The van der Waals surface area contributed by atoms with Gasteiger partial charge in [-0.3, -0.25) is 4.79 Å². The van der Waals surface area contributed by atoms with Crippen LogP contribution in [0.1, 0.15) is 37.6 Å². The molecule has 19 heavy (non-hydrogen) atoms. The van der Waals surface area contributed by atoms with E-state index in [9.17, 15) is 9.90 Å². The zero-order valence-corrected chi connectivity index (χ0v) is 11.8. The minimum atomic E-state index is -0.458. The molecule has 0 amide bonds. The lowest BCUT2D eigenvalue weighted by Gasteiger charge is -2.14. The van der Waals surface area contributed by atoms with Gasteiger partial charge in [0.15, 0.2) is 5.78 Å². The van der Waals surface area contributed by atoms with Crippen LogP contribution in [0.2, 0.25) is 0 Å². The predicted molar refractivity (Wildman–Crippen MR) is 75.7 cm³/mol. The monoisotopic (exact) mass is 265 g/mol. The lowest BCUT2D eigenvalue weighted by Crippen LogP contribution is -2.38. The van der Waals surface area contributed by atoms with E-state index < -0.39 is 6.10 Å². The number of benzene rings is 1. The Kier molecular flexibility index (Phi) is 6.53. The molecular weight excluding hydrogens is 242 g/mol.